The summed E-state index contributed by atoms with van der Waals surface area (Å²) < 4.78 is 0. The van der Waals surface area contributed by atoms with Gasteiger partial charge in [-0.25, -0.2) is 9.78 Å². The van der Waals surface area contributed by atoms with Crippen LogP contribution in [0.1, 0.15) is 133 Å². The van der Waals surface area contributed by atoms with Crippen LogP contribution in [0.5, 0.6) is 0 Å². The normalized spacial score (nSPS) is 22.0. The van der Waals surface area contributed by atoms with E-state index in [1.807, 2.05) is 0 Å². The lowest BCUT2D eigenvalue weighted by atomic mass is 9.67. The molecule has 0 aromatic rings. The average molecular weight is 415 g/mol. The van der Waals surface area contributed by atoms with Crippen LogP contribution in [0.3, 0.4) is 0 Å². The molecular formula is C25H50O4. The van der Waals surface area contributed by atoms with Gasteiger partial charge in [0.05, 0.1) is 0 Å². The number of hydrogen-bond donors (Lipinski definition) is 0. The van der Waals surface area contributed by atoms with Crippen LogP contribution in [-0.2, 0) is 19.6 Å². The Bertz CT molecular complexity index is 426. The molecule has 1 rings (SSSR count). The van der Waals surface area contributed by atoms with Gasteiger partial charge in [0.2, 0.25) is 5.79 Å². The van der Waals surface area contributed by atoms with Crippen molar-refractivity contribution in [3.05, 3.63) is 0 Å². The average Bonchev–Trinajstić information content (AvgIpc) is 2.71. The van der Waals surface area contributed by atoms with Crippen molar-refractivity contribution in [1.82, 2.24) is 0 Å². The van der Waals surface area contributed by atoms with E-state index in [1.54, 1.807) is 0 Å². The van der Waals surface area contributed by atoms with Crippen LogP contribution < -0.4 is 0 Å². The molecule has 4 heteroatoms. The second-order valence-corrected chi connectivity index (χ2v) is 9.96. The Hall–Kier alpha value is -0.160. The van der Waals surface area contributed by atoms with Crippen molar-refractivity contribution in [3.63, 3.8) is 0 Å². The van der Waals surface area contributed by atoms with Crippen LogP contribution in [0.4, 0.5) is 0 Å². The first-order chi connectivity index (χ1) is 13.7. The third kappa shape index (κ3) is 5.96. The van der Waals surface area contributed by atoms with Crippen LogP contribution in [0.15, 0.2) is 0 Å². The smallest absolute Gasteiger partial charge is 0.227 e. The minimum Gasteiger partial charge on any atom is -0.227 e. The Morgan fingerprint density at radius 2 is 1.17 bits per heavy atom. The van der Waals surface area contributed by atoms with E-state index < -0.39 is 5.79 Å². The zero-order valence-corrected chi connectivity index (χ0v) is 21.0. The first-order valence-corrected chi connectivity index (χ1v) is 12.4. The van der Waals surface area contributed by atoms with E-state index in [0.717, 1.165) is 64.2 Å². The van der Waals surface area contributed by atoms with Gasteiger partial charge in [-0.15, -0.1) is 0 Å². The van der Waals surface area contributed by atoms with Gasteiger partial charge in [0.25, 0.3) is 0 Å². The van der Waals surface area contributed by atoms with E-state index >= 15 is 0 Å². The third-order valence-corrected chi connectivity index (χ3v) is 7.70. The summed E-state index contributed by atoms with van der Waals surface area (Å²) in [5.41, 5.74) is -0.744. The molecule has 0 spiro atoms. The second-order valence-electron chi connectivity index (χ2n) is 9.96. The molecule has 29 heavy (non-hydrogen) atoms. The largest absolute Gasteiger partial charge is 0.241 e. The minimum atomic E-state index is -0.905. The summed E-state index contributed by atoms with van der Waals surface area (Å²) in [6.07, 6.45) is 11.0. The first kappa shape index (κ1) is 26.9. The highest BCUT2D eigenvalue weighted by Gasteiger charge is 2.58. The summed E-state index contributed by atoms with van der Waals surface area (Å²) in [5.74, 6) is -0.718. The Labute approximate surface area is 181 Å². The van der Waals surface area contributed by atoms with E-state index in [0.29, 0.717) is 0 Å². The van der Waals surface area contributed by atoms with Gasteiger partial charge in [-0.05, 0) is 51.4 Å². The molecule has 0 aromatic carbocycles. The van der Waals surface area contributed by atoms with Crippen LogP contribution in [-0.4, -0.2) is 17.0 Å². The Morgan fingerprint density at radius 1 is 0.759 bits per heavy atom. The highest BCUT2D eigenvalue weighted by Crippen LogP contribution is 2.52. The Balaban J connectivity index is 3.19. The zero-order valence-electron chi connectivity index (χ0n) is 21.0. The third-order valence-electron chi connectivity index (χ3n) is 7.70. The summed E-state index contributed by atoms with van der Waals surface area (Å²) in [4.78, 5) is 25.4. The molecular weight excluding hydrogens is 364 g/mol. The molecule has 0 N–H and O–H groups in total. The summed E-state index contributed by atoms with van der Waals surface area (Å²) in [6, 6.07) is 0. The van der Waals surface area contributed by atoms with Crippen LogP contribution in [0, 0.1) is 11.3 Å². The quantitative estimate of drug-likeness (QED) is 0.163. The van der Waals surface area contributed by atoms with Gasteiger partial charge in [0, 0.05) is 11.3 Å². The summed E-state index contributed by atoms with van der Waals surface area (Å²) in [7, 11) is 0. The van der Waals surface area contributed by atoms with Crippen molar-refractivity contribution in [2.45, 2.75) is 150 Å². The van der Waals surface area contributed by atoms with Crippen molar-refractivity contribution in [2.24, 2.45) is 11.3 Å². The minimum absolute atomic E-state index is 0.187. The molecule has 0 aromatic heterocycles. The molecule has 1 aliphatic rings. The lowest BCUT2D eigenvalue weighted by Gasteiger charge is -2.52. The Kier molecular flexibility index (Phi) is 10.6. The summed E-state index contributed by atoms with van der Waals surface area (Å²) in [5, 5.41) is 0. The molecule has 0 bridgehead atoms. The van der Waals surface area contributed by atoms with Crippen LogP contribution >= 0.6 is 0 Å². The standard InChI is InChI=1S/C25H50O4/c1-10-18-23(12-3,13-4)26-28-25(21(7)17-16-20-22(25,8)9)29-27-24(14-5,15-6)19-11-2/h21H,10-20H2,1-9H3. The SMILES string of the molecule is CCCC(CC)(CC)OOC1(OOC(CC)(CC)CCC)C(C)CCCC1(C)C. The van der Waals surface area contributed by atoms with Crippen molar-refractivity contribution in [1.29, 1.82) is 0 Å². The monoisotopic (exact) mass is 414 g/mol. The number of rotatable bonds is 14. The van der Waals surface area contributed by atoms with Gasteiger partial charge in [-0.2, -0.15) is 9.78 Å². The highest BCUT2D eigenvalue weighted by molar-refractivity contribution is 4.94. The maximum Gasteiger partial charge on any atom is 0.241 e. The fourth-order valence-corrected chi connectivity index (χ4v) is 5.02. The molecule has 0 amide bonds. The fourth-order valence-electron chi connectivity index (χ4n) is 5.02. The molecule has 0 radical (unpaired) electrons. The van der Waals surface area contributed by atoms with Gasteiger partial charge in [0.15, 0.2) is 0 Å². The van der Waals surface area contributed by atoms with Gasteiger partial charge >= 0.3 is 0 Å². The first-order valence-electron chi connectivity index (χ1n) is 12.4. The predicted molar refractivity (Wildman–Crippen MR) is 120 cm³/mol. The maximum absolute atomic E-state index is 6.41. The molecule has 1 atom stereocenters. The molecule has 0 saturated heterocycles. The van der Waals surface area contributed by atoms with Gasteiger partial charge in [0.1, 0.15) is 11.2 Å². The van der Waals surface area contributed by atoms with Crippen LogP contribution in [0.25, 0.3) is 0 Å². The topological polar surface area (TPSA) is 36.9 Å². The van der Waals surface area contributed by atoms with Crippen molar-refractivity contribution in [3.8, 4) is 0 Å². The van der Waals surface area contributed by atoms with E-state index in [-0.39, 0.29) is 22.5 Å². The van der Waals surface area contributed by atoms with Gasteiger partial charge in [-0.1, -0.05) is 81.6 Å². The fraction of sp³-hybridized carbons (Fsp3) is 1.00. The van der Waals surface area contributed by atoms with Crippen LogP contribution in [0.2, 0.25) is 0 Å². The van der Waals surface area contributed by atoms with E-state index in [1.165, 1.54) is 6.42 Å². The molecule has 0 heterocycles. The molecule has 1 saturated carbocycles. The van der Waals surface area contributed by atoms with Gasteiger partial charge in [-0.3, -0.25) is 0 Å². The van der Waals surface area contributed by atoms with Crippen molar-refractivity contribution in [2.75, 3.05) is 0 Å². The van der Waals surface area contributed by atoms with Crippen molar-refractivity contribution >= 4 is 0 Å². The molecule has 4 nitrogen and oxygen atoms in total. The maximum atomic E-state index is 6.41. The summed E-state index contributed by atoms with van der Waals surface area (Å²) in [6.45, 7) is 19.8. The lowest BCUT2D eigenvalue weighted by Crippen LogP contribution is -2.58. The van der Waals surface area contributed by atoms with Crippen molar-refractivity contribution < 1.29 is 19.6 Å². The molecule has 1 aliphatic carbocycles. The second kappa shape index (κ2) is 11.5. The van der Waals surface area contributed by atoms with E-state index in [9.17, 15) is 0 Å². The zero-order chi connectivity index (χ0) is 22.2. The Morgan fingerprint density at radius 3 is 1.48 bits per heavy atom. The molecule has 174 valence electrons. The van der Waals surface area contributed by atoms with Gasteiger partial charge < -0.3 is 0 Å². The van der Waals surface area contributed by atoms with E-state index in [4.69, 9.17) is 19.6 Å². The molecule has 0 aliphatic heterocycles. The lowest BCUT2D eigenvalue weighted by molar-refractivity contribution is -0.581. The number of hydrogen-bond acceptors (Lipinski definition) is 4. The molecule has 1 fully saturated rings. The predicted octanol–water partition coefficient (Wildman–Crippen LogP) is 8.14. The highest BCUT2D eigenvalue weighted by atomic mass is 17.3. The molecule has 1 unspecified atom stereocenters. The van der Waals surface area contributed by atoms with E-state index in [2.05, 4.69) is 62.3 Å². The summed E-state index contributed by atoms with van der Waals surface area (Å²) >= 11 is 0.